The lowest BCUT2D eigenvalue weighted by Crippen LogP contribution is -2.05. The van der Waals surface area contributed by atoms with Crippen LogP contribution in [0.15, 0.2) is 0 Å². The van der Waals surface area contributed by atoms with Gasteiger partial charge in [-0.1, -0.05) is 0 Å². The molecule has 56 valence electrons. The molecule has 0 aromatic rings. The predicted molar refractivity (Wildman–Crippen MR) is 38.3 cm³/mol. The fourth-order valence-electron chi connectivity index (χ4n) is 0.733. The van der Waals surface area contributed by atoms with Crippen LogP contribution in [0.3, 0.4) is 0 Å². The number of hydrogen-bond donors (Lipinski definition) is 0. The van der Waals surface area contributed by atoms with E-state index >= 15 is 0 Å². The maximum atomic E-state index is 8.39. The summed E-state index contributed by atoms with van der Waals surface area (Å²) in [6.07, 6.45) is 2.64. The zero-order valence-corrected chi connectivity index (χ0v) is 6.34. The highest BCUT2D eigenvalue weighted by atomic mass is 16.5. The summed E-state index contributed by atoms with van der Waals surface area (Å²) in [4.78, 5) is 0. The molecule has 0 saturated heterocycles. The second-order valence-corrected chi connectivity index (χ2v) is 3.01. The topological polar surface area (TPSA) is 33.0 Å². The van der Waals surface area contributed by atoms with Gasteiger partial charge in [0.1, 0.15) is 0 Å². The third-order valence-corrected chi connectivity index (χ3v) is 1.64. The van der Waals surface area contributed by atoms with Crippen LogP contribution in [0.1, 0.15) is 19.8 Å². The number of ether oxygens (including phenoxy) is 1. The third kappa shape index (κ3) is 2.84. The molecule has 2 heteroatoms. The van der Waals surface area contributed by atoms with Gasteiger partial charge in [-0.25, -0.2) is 0 Å². The lowest BCUT2D eigenvalue weighted by molar-refractivity contribution is 0.109. The molecule has 0 aromatic carbocycles. The Labute approximate surface area is 61.8 Å². The van der Waals surface area contributed by atoms with Crippen LogP contribution in [-0.2, 0) is 4.74 Å². The van der Waals surface area contributed by atoms with E-state index < -0.39 is 0 Å². The molecule has 10 heavy (non-hydrogen) atoms. The van der Waals surface area contributed by atoms with Crippen molar-refractivity contribution in [2.24, 2.45) is 11.8 Å². The van der Waals surface area contributed by atoms with Crippen molar-refractivity contribution in [2.75, 3.05) is 13.2 Å². The molecular formula is C8H13NO. The van der Waals surface area contributed by atoms with Crippen LogP contribution in [0.2, 0.25) is 0 Å². The monoisotopic (exact) mass is 139 g/mol. The highest BCUT2D eigenvalue weighted by Crippen LogP contribution is 2.28. The van der Waals surface area contributed by atoms with E-state index in [1.54, 1.807) is 0 Å². The second kappa shape index (κ2) is 3.58. The van der Waals surface area contributed by atoms with Gasteiger partial charge >= 0.3 is 0 Å². The SMILES string of the molecule is CC(C#N)COCC1CC1. The Hall–Kier alpha value is -0.550. The number of hydrogen-bond acceptors (Lipinski definition) is 2. The Kier molecular flexibility index (Phi) is 2.70. The van der Waals surface area contributed by atoms with E-state index in [9.17, 15) is 0 Å². The van der Waals surface area contributed by atoms with Crippen LogP contribution in [0.5, 0.6) is 0 Å². The lowest BCUT2D eigenvalue weighted by Gasteiger charge is -2.02. The van der Waals surface area contributed by atoms with E-state index in [2.05, 4.69) is 6.07 Å². The zero-order chi connectivity index (χ0) is 7.40. The average molecular weight is 139 g/mol. The molecule has 0 amide bonds. The van der Waals surface area contributed by atoms with Gasteiger partial charge in [-0.3, -0.25) is 0 Å². The molecule has 0 aromatic heterocycles. The van der Waals surface area contributed by atoms with E-state index in [1.165, 1.54) is 12.8 Å². The fraction of sp³-hybridized carbons (Fsp3) is 0.875. The molecule has 2 nitrogen and oxygen atoms in total. The summed E-state index contributed by atoms with van der Waals surface area (Å²) in [5, 5.41) is 8.39. The number of rotatable bonds is 4. The van der Waals surface area contributed by atoms with Gasteiger partial charge in [0, 0.05) is 6.61 Å². The van der Waals surface area contributed by atoms with Gasteiger partial charge in [-0.2, -0.15) is 5.26 Å². The maximum Gasteiger partial charge on any atom is 0.0677 e. The van der Waals surface area contributed by atoms with Gasteiger partial charge in [0.2, 0.25) is 0 Å². The summed E-state index contributed by atoms with van der Waals surface area (Å²) in [5.41, 5.74) is 0. The normalized spacial score (nSPS) is 20.0. The Balaban J connectivity index is 1.89. The van der Waals surface area contributed by atoms with E-state index in [-0.39, 0.29) is 5.92 Å². The van der Waals surface area contributed by atoms with Crippen molar-refractivity contribution < 1.29 is 4.74 Å². The van der Waals surface area contributed by atoms with Crippen molar-refractivity contribution in [3.8, 4) is 6.07 Å². The van der Waals surface area contributed by atoms with Crippen LogP contribution >= 0.6 is 0 Å². The van der Waals surface area contributed by atoms with Gasteiger partial charge < -0.3 is 4.74 Å². The van der Waals surface area contributed by atoms with Crippen molar-refractivity contribution in [2.45, 2.75) is 19.8 Å². The van der Waals surface area contributed by atoms with Crippen LogP contribution in [0.25, 0.3) is 0 Å². The second-order valence-electron chi connectivity index (χ2n) is 3.01. The Morgan fingerprint density at radius 2 is 2.40 bits per heavy atom. The first-order valence-corrected chi connectivity index (χ1v) is 3.80. The van der Waals surface area contributed by atoms with Gasteiger partial charge in [0.05, 0.1) is 18.6 Å². The summed E-state index contributed by atoms with van der Waals surface area (Å²) >= 11 is 0. The molecule has 0 bridgehead atoms. The van der Waals surface area contributed by atoms with E-state index in [0.717, 1.165) is 12.5 Å². The van der Waals surface area contributed by atoms with Gasteiger partial charge in [-0.05, 0) is 25.7 Å². The Bertz CT molecular complexity index is 135. The van der Waals surface area contributed by atoms with E-state index in [4.69, 9.17) is 10.00 Å². The molecule has 1 unspecified atom stereocenters. The summed E-state index contributed by atoms with van der Waals surface area (Å²) in [5.74, 6) is 0.865. The van der Waals surface area contributed by atoms with Crippen molar-refractivity contribution in [3.63, 3.8) is 0 Å². The van der Waals surface area contributed by atoms with Crippen LogP contribution in [0, 0.1) is 23.2 Å². The summed E-state index contributed by atoms with van der Waals surface area (Å²) in [6, 6.07) is 2.13. The third-order valence-electron chi connectivity index (χ3n) is 1.64. The minimum Gasteiger partial charge on any atom is -0.380 e. The lowest BCUT2D eigenvalue weighted by atomic mass is 10.2. The molecular weight excluding hydrogens is 126 g/mol. The maximum absolute atomic E-state index is 8.39. The minimum absolute atomic E-state index is 0.0544. The molecule has 1 fully saturated rings. The van der Waals surface area contributed by atoms with E-state index in [0.29, 0.717) is 6.61 Å². The predicted octanol–water partition coefficient (Wildman–Crippen LogP) is 1.57. The molecule has 0 spiro atoms. The van der Waals surface area contributed by atoms with E-state index in [1.807, 2.05) is 6.92 Å². The molecule has 0 radical (unpaired) electrons. The first-order chi connectivity index (χ1) is 4.83. The Morgan fingerprint density at radius 3 is 2.90 bits per heavy atom. The first-order valence-electron chi connectivity index (χ1n) is 3.80. The van der Waals surface area contributed by atoms with Crippen molar-refractivity contribution in [1.29, 1.82) is 5.26 Å². The standard InChI is InChI=1S/C8H13NO/c1-7(4-9)5-10-6-8-2-3-8/h7-8H,2-3,5-6H2,1H3. The number of nitriles is 1. The molecule has 0 N–H and O–H groups in total. The quantitative estimate of drug-likeness (QED) is 0.592. The van der Waals surface area contributed by atoms with Crippen molar-refractivity contribution in [3.05, 3.63) is 0 Å². The highest BCUT2D eigenvalue weighted by Gasteiger charge is 2.21. The number of nitrogens with zero attached hydrogens (tertiary/aromatic N) is 1. The summed E-state index contributed by atoms with van der Waals surface area (Å²) in [7, 11) is 0. The molecule has 0 heterocycles. The molecule has 1 atom stereocenters. The van der Waals surface area contributed by atoms with Gasteiger partial charge in [0.15, 0.2) is 0 Å². The molecule has 0 aliphatic heterocycles. The smallest absolute Gasteiger partial charge is 0.0677 e. The van der Waals surface area contributed by atoms with Crippen molar-refractivity contribution in [1.82, 2.24) is 0 Å². The largest absolute Gasteiger partial charge is 0.380 e. The van der Waals surface area contributed by atoms with Gasteiger partial charge in [0.25, 0.3) is 0 Å². The average Bonchev–Trinajstić information content (AvgIpc) is 2.71. The fourth-order valence-corrected chi connectivity index (χ4v) is 0.733. The molecule has 1 aliphatic rings. The first kappa shape index (κ1) is 7.56. The summed E-state index contributed by atoms with van der Waals surface area (Å²) < 4.78 is 5.29. The van der Waals surface area contributed by atoms with Gasteiger partial charge in [-0.15, -0.1) is 0 Å². The van der Waals surface area contributed by atoms with Crippen LogP contribution < -0.4 is 0 Å². The molecule has 1 rings (SSSR count). The van der Waals surface area contributed by atoms with Crippen molar-refractivity contribution >= 4 is 0 Å². The summed E-state index contributed by atoms with van der Waals surface area (Å²) in [6.45, 7) is 3.35. The Morgan fingerprint density at radius 1 is 1.70 bits per heavy atom. The highest BCUT2D eigenvalue weighted by molar-refractivity contribution is 4.78. The minimum atomic E-state index is 0.0544. The van der Waals surface area contributed by atoms with Crippen LogP contribution in [0.4, 0.5) is 0 Å². The molecule has 1 aliphatic carbocycles. The molecule has 1 saturated carbocycles. The zero-order valence-electron chi connectivity index (χ0n) is 6.34. The van der Waals surface area contributed by atoms with Crippen LogP contribution in [-0.4, -0.2) is 13.2 Å².